The zero-order chi connectivity index (χ0) is 6.15. The van der Waals surface area contributed by atoms with E-state index < -0.39 is 0 Å². The van der Waals surface area contributed by atoms with Gasteiger partial charge in [-0.05, 0) is 0 Å². The predicted molar refractivity (Wildman–Crippen MR) is 33.2 cm³/mol. The van der Waals surface area contributed by atoms with Crippen LogP contribution < -0.4 is 0 Å². The Labute approximate surface area is 60.6 Å². The molecule has 0 saturated carbocycles. The van der Waals surface area contributed by atoms with Gasteiger partial charge in [-0.2, -0.15) is 0 Å². The smallest absolute Gasteiger partial charge is 0.253 e. The minimum atomic E-state index is -0.0662. The predicted octanol–water partition coefficient (Wildman–Crippen LogP) is 0.552. The fourth-order valence-electron chi connectivity index (χ4n) is 0.487. The summed E-state index contributed by atoms with van der Waals surface area (Å²) < 4.78 is 2.79. The van der Waals surface area contributed by atoms with Crippen molar-refractivity contribution in [2.45, 2.75) is 0 Å². The third kappa shape index (κ3) is 1.13. The monoisotopic (exact) mass is 198 g/mol. The molecule has 1 fully saturated rings. The molecule has 8 heavy (non-hydrogen) atoms. The van der Waals surface area contributed by atoms with Gasteiger partial charge in [0.2, 0.25) is 0 Å². The van der Waals surface area contributed by atoms with Gasteiger partial charge in [-0.3, -0.25) is 4.79 Å². The topological polar surface area (TPSA) is 23.6 Å². The number of amides is 1. The van der Waals surface area contributed by atoms with Crippen molar-refractivity contribution in [1.82, 2.24) is 8.34 Å². The standard InChI is InChI=1S/C3H4BrClN2O/c4-6-1-3(8)7(5)2-6/h1-2H2. The van der Waals surface area contributed by atoms with E-state index in [2.05, 4.69) is 16.1 Å². The van der Waals surface area contributed by atoms with Gasteiger partial charge in [0.15, 0.2) is 0 Å². The fourth-order valence-corrected chi connectivity index (χ4v) is 1.24. The summed E-state index contributed by atoms with van der Waals surface area (Å²) in [7, 11) is 0. The Morgan fingerprint density at radius 1 is 1.75 bits per heavy atom. The summed E-state index contributed by atoms with van der Waals surface area (Å²) in [6, 6.07) is 0. The summed E-state index contributed by atoms with van der Waals surface area (Å²) in [6.45, 7) is 0.823. The molecule has 0 atom stereocenters. The van der Waals surface area contributed by atoms with Crippen molar-refractivity contribution in [3.8, 4) is 0 Å². The van der Waals surface area contributed by atoms with Crippen LogP contribution in [0.4, 0.5) is 0 Å². The van der Waals surface area contributed by atoms with E-state index in [1.54, 1.807) is 3.93 Å². The van der Waals surface area contributed by atoms with Crippen molar-refractivity contribution in [2.75, 3.05) is 13.2 Å². The third-order valence-electron chi connectivity index (χ3n) is 0.855. The molecule has 46 valence electrons. The summed E-state index contributed by atoms with van der Waals surface area (Å²) >= 11 is 8.48. The second-order valence-electron chi connectivity index (χ2n) is 1.52. The maximum Gasteiger partial charge on any atom is 0.253 e. The molecule has 0 bridgehead atoms. The minimum Gasteiger partial charge on any atom is -0.272 e. The molecule has 1 aliphatic rings. The molecule has 1 aliphatic heterocycles. The zero-order valence-corrected chi connectivity index (χ0v) is 6.31. The van der Waals surface area contributed by atoms with E-state index >= 15 is 0 Å². The molecule has 0 aliphatic carbocycles. The van der Waals surface area contributed by atoms with Crippen LogP contribution in [0.25, 0.3) is 0 Å². The lowest BCUT2D eigenvalue weighted by molar-refractivity contribution is -0.122. The number of rotatable bonds is 0. The van der Waals surface area contributed by atoms with E-state index in [9.17, 15) is 4.79 Å². The van der Waals surface area contributed by atoms with Gasteiger partial charge in [0.1, 0.15) is 0 Å². The molecule has 1 heterocycles. The SMILES string of the molecule is O=C1CN(Br)CN1Cl. The van der Waals surface area contributed by atoms with Crippen LogP contribution in [0.5, 0.6) is 0 Å². The van der Waals surface area contributed by atoms with Crippen molar-refractivity contribution in [3.05, 3.63) is 0 Å². The Bertz CT molecular complexity index is 120. The van der Waals surface area contributed by atoms with Crippen molar-refractivity contribution >= 4 is 33.8 Å². The first kappa shape index (κ1) is 6.32. The van der Waals surface area contributed by atoms with Crippen LogP contribution in [0.15, 0.2) is 0 Å². The minimum absolute atomic E-state index is 0.0662. The van der Waals surface area contributed by atoms with Crippen molar-refractivity contribution in [3.63, 3.8) is 0 Å². The van der Waals surface area contributed by atoms with Crippen molar-refractivity contribution < 1.29 is 4.79 Å². The van der Waals surface area contributed by atoms with E-state index in [-0.39, 0.29) is 5.91 Å². The van der Waals surface area contributed by atoms with Crippen molar-refractivity contribution in [2.24, 2.45) is 0 Å². The average Bonchev–Trinajstić information content (AvgIpc) is 1.85. The van der Waals surface area contributed by atoms with E-state index in [4.69, 9.17) is 11.8 Å². The molecule has 0 N–H and O–H groups in total. The number of carbonyl (C=O) groups is 1. The van der Waals surface area contributed by atoms with Gasteiger partial charge in [0, 0.05) is 27.9 Å². The molecule has 0 unspecified atom stereocenters. The van der Waals surface area contributed by atoms with E-state index in [0.29, 0.717) is 13.2 Å². The summed E-state index contributed by atoms with van der Waals surface area (Å²) in [5.41, 5.74) is 0. The molecule has 1 saturated heterocycles. The highest BCUT2D eigenvalue weighted by Crippen LogP contribution is 2.11. The Morgan fingerprint density at radius 3 is 2.50 bits per heavy atom. The first-order valence-corrected chi connectivity index (χ1v) is 3.12. The van der Waals surface area contributed by atoms with Crippen LogP contribution in [0.2, 0.25) is 0 Å². The molecule has 1 amide bonds. The highest BCUT2D eigenvalue weighted by Gasteiger charge is 2.23. The molecule has 0 aromatic rings. The van der Waals surface area contributed by atoms with E-state index in [1.165, 1.54) is 0 Å². The molecule has 5 heteroatoms. The first-order valence-electron chi connectivity index (χ1n) is 2.07. The van der Waals surface area contributed by atoms with Gasteiger partial charge in [0.25, 0.3) is 5.91 Å². The maximum atomic E-state index is 10.5. The molecular weight excluding hydrogens is 195 g/mol. The van der Waals surface area contributed by atoms with Crippen LogP contribution in [0.1, 0.15) is 0 Å². The second kappa shape index (κ2) is 2.21. The summed E-state index contributed by atoms with van der Waals surface area (Å²) in [5, 5.41) is 0. The number of hydrogen-bond acceptors (Lipinski definition) is 2. The van der Waals surface area contributed by atoms with Gasteiger partial charge in [-0.1, -0.05) is 0 Å². The summed E-state index contributed by atoms with van der Waals surface area (Å²) in [5.74, 6) is -0.0662. The Kier molecular flexibility index (Phi) is 1.74. The highest BCUT2D eigenvalue weighted by molar-refractivity contribution is 9.07. The Balaban J connectivity index is 2.51. The average molecular weight is 199 g/mol. The normalized spacial score (nSPS) is 22.8. The molecule has 0 aromatic carbocycles. The molecule has 0 radical (unpaired) electrons. The van der Waals surface area contributed by atoms with Gasteiger partial charge in [-0.15, -0.1) is 0 Å². The molecule has 1 rings (SSSR count). The Hall–Kier alpha value is 0.200. The summed E-state index contributed by atoms with van der Waals surface area (Å²) in [4.78, 5) is 10.5. The first-order chi connectivity index (χ1) is 3.70. The van der Waals surface area contributed by atoms with E-state index in [0.717, 1.165) is 4.42 Å². The summed E-state index contributed by atoms with van der Waals surface area (Å²) in [6.07, 6.45) is 0. The van der Waals surface area contributed by atoms with E-state index in [1.807, 2.05) is 0 Å². The number of halogens is 2. The molecule has 0 aromatic heterocycles. The largest absolute Gasteiger partial charge is 0.272 e. The van der Waals surface area contributed by atoms with Gasteiger partial charge in [-0.25, -0.2) is 8.34 Å². The zero-order valence-electron chi connectivity index (χ0n) is 3.97. The fraction of sp³-hybridized carbons (Fsp3) is 0.667. The lowest BCUT2D eigenvalue weighted by atomic mass is 10.7. The van der Waals surface area contributed by atoms with Crippen LogP contribution in [-0.4, -0.2) is 27.5 Å². The van der Waals surface area contributed by atoms with Crippen LogP contribution in [-0.2, 0) is 4.79 Å². The lowest BCUT2D eigenvalue weighted by Crippen LogP contribution is -2.13. The number of carbonyl (C=O) groups excluding carboxylic acids is 1. The Morgan fingerprint density at radius 2 is 2.38 bits per heavy atom. The third-order valence-corrected chi connectivity index (χ3v) is 1.63. The van der Waals surface area contributed by atoms with Gasteiger partial charge in [0.05, 0.1) is 13.2 Å². The quantitative estimate of drug-likeness (QED) is 0.532. The second-order valence-corrected chi connectivity index (χ2v) is 2.93. The molecule has 0 spiro atoms. The van der Waals surface area contributed by atoms with Gasteiger partial charge < -0.3 is 0 Å². The van der Waals surface area contributed by atoms with Gasteiger partial charge >= 0.3 is 0 Å². The molecular formula is C3H4BrClN2O. The lowest BCUT2D eigenvalue weighted by Gasteiger charge is -2.00. The van der Waals surface area contributed by atoms with Crippen LogP contribution in [0, 0.1) is 0 Å². The van der Waals surface area contributed by atoms with Crippen LogP contribution >= 0.6 is 27.9 Å². The molecule has 3 nitrogen and oxygen atoms in total. The highest BCUT2D eigenvalue weighted by atomic mass is 79.9. The maximum absolute atomic E-state index is 10.5. The number of hydrogen-bond donors (Lipinski definition) is 0. The van der Waals surface area contributed by atoms with Crippen LogP contribution in [0.3, 0.4) is 0 Å². The van der Waals surface area contributed by atoms with Crippen molar-refractivity contribution in [1.29, 1.82) is 0 Å². The number of nitrogens with zero attached hydrogens (tertiary/aromatic N) is 2.